The number of aromatic nitrogens is 5. The van der Waals surface area contributed by atoms with Crippen LogP contribution in [0.5, 0.6) is 0 Å². The molecule has 0 aliphatic heterocycles. The Labute approximate surface area is 184 Å². The maximum Gasteiger partial charge on any atom is 0.180 e. The number of benzene rings is 1. The topological polar surface area (TPSA) is 91.1 Å². The largest absolute Gasteiger partial charge is 0.396 e. The minimum Gasteiger partial charge on any atom is -0.396 e. The van der Waals surface area contributed by atoms with E-state index < -0.39 is 5.82 Å². The van der Waals surface area contributed by atoms with Gasteiger partial charge in [-0.05, 0) is 24.1 Å². The molecular weight excluding hydrogens is 407 g/mol. The molecule has 7 nitrogen and oxygen atoms in total. The normalized spacial score (nSPS) is 12.5. The number of para-hydroxylation sites is 1. The molecule has 3 N–H and O–H groups in total. The summed E-state index contributed by atoms with van der Waals surface area (Å²) in [6.45, 7) is 2.57. The Hall–Kier alpha value is -3.78. The second-order valence-electron chi connectivity index (χ2n) is 7.86. The summed E-state index contributed by atoms with van der Waals surface area (Å²) < 4.78 is 15.7. The quantitative estimate of drug-likeness (QED) is 0.361. The zero-order valence-corrected chi connectivity index (χ0v) is 17.6. The van der Waals surface area contributed by atoms with Gasteiger partial charge in [-0.3, -0.25) is 9.38 Å². The number of rotatable bonds is 7. The fourth-order valence-electron chi connectivity index (χ4n) is 3.93. The van der Waals surface area contributed by atoms with Crippen LogP contribution in [0.1, 0.15) is 24.1 Å². The zero-order chi connectivity index (χ0) is 22.1. The lowest BCUT2D eigenvalue weighted by Crippen LogP contribution is -2.10. The highest BCUT2D eigenvalue weighted by molar-refractivity contribution is 5.83. The third-order valence-electron chi connectivity index (χ3n) is 5.66. The Morgan fingerprint density at radius 1 is 1.22 bits per heavy atom. The Kier molecular flexibility index (Phi) is 5.28. The summed E-state index contributed by atoms with van der Waals surface area (Å²) in [5.74, 6) is 0.0702. The Bertz CT molecular complexity index is 1390. The first-order valence-electron chi connectivity index (χ1n) is 10.5. The molecule has 0 radical (unpaired) electrons. The van der Waals surface area contributed by atoms with E-state index in [-0.39, 0.29) is 12.5 Å². The summed E-state index contributed by atoms with van der Waals surface area (Å²) in [5.41, 5.74) is 4.99. The number of nitrogens with zero attached hydrogens (tertiary/aromatic N) is 4. The van der Waals surface area contributed by atoms with Gasteiger partial charge in [0.1, 0.15) is 5.82 Å². The molecule has 1 aromatic carbocycles. The Balaban J connectivity index is 1.50. The number of hydrogen-bond acceptors (Lipinski definition) is 5. The van der Waals surface area contributed by atoms with E-state index in [0.717, 1.165) is 17.6 Å². The lowest BCUT2D eigenvalue weighted by molar-refractivity contribution is 0.270. The van der Waals surface area contributed by atoms with E-state index in [1.807, 2.05) is 35.9 Å². The van der Waals surface area contributed by atoms with Crippen LogP contribution in [0.15, 0.2) is 61.3 Å². The third kappa shape index (κ3) is 3.69. The van der Waals surface area contributed by atoms with Gasteiger partial charge in [0.15, 0.2) is 11.5 Å². The van der Waals surface area contributed by atoms with E-state index in [1.54, 1.807) is 12.4 Å². The molecule has 0 fully saturated rings. The smallest absolute Gasteiger partial charge is 0.180 e. The SMILES string of the molecule is CC(CO)c1cnc2c(NCCc3c[nH]c4ccccc34)nc(-c3cncc(F)c3)cn12. The molecule has 5 aromatic rings. The van der Waals surface area contributed by atoms with Gasteiger partial charge in [-0.25, -0.2) is 14.4 Å². The second-order valence-corrected chi connectivity index (χ2v) is 7.86. The Morgan fingerprint density at radius 3 is 2.94 bits per heavy atom. The molecule has 4 heterocycles. The van der Waals surface area contributed by atoms with Gasteiger partial charge >= 0.3 is 0 Å². The summed E-state index contributed by atoms with van der Waals surface area (Å²) in [7, 11) is 0. The predicted molar refractivity (Wildman–Crippen MR) is 122 cm³/mol. The van der Waals surface area contributed by atoms with E-state index in [0.29, 0.717) is 29.3 Å². The minimum absolute atomic E-state index is 0.00367. The monoisotopic (exact) mass is 430 g/mol. The van der Waals surface area contributed by atoms with Crippen LogP contribution >= 0.6 is 0 Å². The first-order chi connectivity index (χ1) is 15.6. The number of nitrogens with one attached hydrogen (secondary N) is 2. The standard InChI is InChI=1S/C24H23FN6O/c1-15(14-32)22-12-29-24-23(27-7-6-16-10-28-20-5-3-2-4-19(16)20)30-21(13-31(22)24)17-8-18(25)11-26-9-17/h2-5,8-13,15,28,32H,6-7,14H2,1H3,(H,27,30). The second kappa shape index (κ2) is 8.39. The van der Waals surface area contributed by atoms with Gasteiger partial charge < -0.3 is 15.4 Å². The number of aliphatic hydroxyl groups is 1. The number of anilines is 1. The minimum atomic E-state index is -0.423. The van der Waals surface area contributed by atoms with Crippen molar-refractivity contribution in [2.24, 2.45) is 0 Å². The van der Waals surface area contributed by atoms with E-state index in [9.17, 15) is 9.50 Å². The van der Waals surface area contributed by atoms with Crippen LogP contribution in [-0.4, -0.2) is 42.6 Å². The molecule has 0 saturated carbocycles. The van der Waals surface area contributed by atoms with Crippen molar-refractivity contribution in [2.45, 2.75) is 19.3 Å². The van der Waals surface area contributed by atoms with Gasteiger partial charge in [-0.2, -0.15) is 0 Å². The molecule has 1 unspecified atom stereocenters. The van der Waals surface area contributed by atoms with Crippen LogP contribution in [0, 0.1) is 5.82 Å². The molecule has 0 saturated heterocycles. The van der Waals surface area contributed by atoms with Crippen molar-refractivity contribution < 1.29 is 9.50 Å². The molecule has 0 aliphatic rings. The van der Waals surface area contributed by atoms with Gasteiger partial charge in [0.05, 0.1) is 18.5 Å². The average molecular weight is 430 g/mol. The molecular formula is C24H23FN6O. The highest BCUT2D eigenvalue weighted by Crippen LogP contribution is 2.26. The van der Waals surface area contributed by atoms with Crippen LogP contribution in [0.25, 0.3) is 27.8 Å². The van der Waals surface area contributed by atoms with Gasteiger partial charge in [0.2, 0.25) is 0 Å². The van der Waals surface area contributed by atoms with Crippen molar-refractivity contribution in [3.05, 3.63) is 78.4 Å². The van der Waals surface area contributed by atoms with Crippen LogP contribution in [-0.2, 0) is 6.42 Å². The number of pyridine rings is 1. The van der Waals surface area contributed by atoms with Crippen molar-refractivity contribution in [2.75, 3.05) is 18.5 Å². The van der Waals surface area contributed by atoms with Crippen LogP contribution in [0.3, 0.4) is 0 Å². The highest BCUT2D eigenvalue weighted by atomic mass is 19.1. The first-order valence-corrected chi connectivity index (χ1v) is 10.5. The number of aromatic amines is 1. The summed E-state index contributed by atoms with van der Waals surface area (Å²) in [5, 5.41) is 14.3. The first kappa shape index (κ1) is 20.1. The lowest BCUT2D eigenvalue weighted by Gasteiger charge is -2.13. The van der Waals surface area contributed by atoms with Crippen molar-refractivity contribution in [3.8, 4) is 11.3 Å². The van der Waals surface area contributed by atoms with E-state index >= 15 is 0 Å². The van der Waals surface area contributed by atoms with Crippen LogP contribution < -0.4 is 5.32 Å². The lowest BCUT2D eigenvalue weighted by atomic mass is 10.1. The number of H-pyrrole nitrogens is 1. The van der Waals surface area contributed by atoms with Gasteiger partial charge in [0.25, 0.3) is 0 Å². The maximum absolute atomic E-state index is 13.8. The molecule has 0 aliphatic carbocycles. The Morgan fingerprint density at radius 2 is 2.09 bits per heavy atom. The molecule has 0 spiro atoms. The number of aliphatic hydroxyl groups excluding tert-OH is 1. The molecule has 1 atom stereocenters. The summed E-state index contributed by atoms with van der Waals surface area (Å²) in [6.07, 6.45) is 9.13. The number of fused-ring (bicyclic) bond motifs is 2. The summed E-state index contributed by atoms with van der Waals surface area (Å²) in [6, 6.07) is 9.61. The van der Waals surface area contributed by atoms with Crippen molar-refractivity contribution >= 4 is 22.4 Å². The van der Waals surface area contributed by atoms with E-state index in [1.165, 1.54) is 23.2 Å². The van der Waals surface area contributed by atoms with E-state index in [4.69, 9.17) is 4.98 Å². The fraction of sp³-hybridized carbons (Fsp3) is 0.208. The molecule has 5 rings (SSSR count). The van der Waals surface area contributed by atoms with Crippen LogP contribution in [0.2, 0.25) is 0 Å². The molecule has 8 heteroatoms. The zero-order valence-electron chi connectivity index (χ0n) is 17.6. The molecule has 162 valence electrons. The van der Waals surface area contributed by atoms with Gasteiger partial charge in [0, 0.05) is 59.4 Å². The third-order valence-corrected chi connectivity index (χ3v) is 5.66. The average Bonchev–Trinajstić information content (AvgIpc) is 3.43. The number of imidazole rings is 1. The summed E-state index contributed by atoms with van der Waals surface area (Å²) in [4.78, 5) is 16.5. The van der Waals surface area contributed by atoms with Crippen molar-refractivity contribution in [1.29, 1.82) is 0 Å². The molecule has 0 bridgehead atoms. The maximum atomic E-state index is 13.8. The van der Waals surface area contributed by atoms with Crippen molar-refractivity contribution in [3.63, 3.8) is 0 Å². The number of halogens is 1. The predicted octanol–water partition coefficient (Wildman–Crippen LogP) is 4.16. The fourth-order valence-corrected chi connectivity index (χ4v) is 3.93. The van der Waals surface area contributed by atoms with Crippen LogP contribution in [0.4, 0.5) is 10.2 Å². The molecule has 32 heavy (non-hydrogen) atoms. The highest BCUT2D eigenvalue weighted by Gasteiger charge is 2.16. The number of hydrogen-bond donors (Lipinski definition) is 3. The van der Waals surface area contributed by atoms with Gasteiger partial charge in [-0.1, -0.05) is 25.1 Å². The summed E-state index contributed by atoms with van der Waals surface area (Å²) >= 11 is 0. The van der Waals surface area contributed by atoms with Gasteiger partial charge in [-0.15, -0.1) is 0 Å². The molecule has 0 amide bonds. The van der Waals surface area contributed by atoms with Crippen molar-refractivity contribution in [1.82, 2.24) is 24.3 Å². The molecule has 4 aromatic heterocycles. The van der Waals surface area contributed by atoms with E-state index in [2.05, 4.69) is 32.4 Å².